The van der Waals surface area contributed by atoms with Crippen molar-refractivity contribution in [2.24, 2.45) is 0 Å². The highest BCUT2D eigenvalue weighted by molar-refractivity contribution is 5.28. The molecule has 188 valence electrons. The van der Waals surface area contributed by atoms with Crippen molar-refractivity contribution >= 4 is 0 Å². The molecular weight excluding hydrogens is 438 g/mol. The fourth-order valence-electron chi connectivity index (χ4n) is 4.70. The average molecular weight is 478 g/mol. The molecule has 1 saturated heterocycles. The molecule has 3 aromatic rings. The number of ether oxygens (including phenoxy) is 3. The molecule has 0 aliphatic carbocycles. The number of imidazole rings is 1. The van der Waals surface area contributed by atoms with E-state index in [-0.39, 0.29) is 5.60 Å². The first kappa shape index (κ1) is 25.3. The maximum absolute atomic E-state index is 6.13. The summed E-state index contributed by atoms with van der Waals surface area (Å²) in [5, 5.41) is 0. The van der Waals surface area contributed by atoms with Gasteiger partial charge in [0.15, 0.2) is 0 Å². The number of rotatable bonds is 11. The zero-order chi connectivity index (χ0) is 24.5. The van der Waals surface area contributed by atoms with Crippen LogP contribution in [0, 0.1) is 13.8 Å². The number of likely N-dealkylation sites (tertiary alicyclic amines) is 1. The molecule has 35 heavy (non-hydrogen) atoms. The van der Waals surface area contributed by atoms with Crippen LogP contribution in [0.3, 0.4) is 0 Å². The first-order valence-electron chi connectivity index (χ1n) is 12.7. The molecule has 4 rings (SSSR count). The fraction of sp³-hybridized carbons (Fsp3) is 0.483. The summed E-state index contributed by atoms with van der Waals surface area (Å²) in [7, 11) is 1.82. The number of hydrogen-bond acceptors (Lipinski definition) is 5. The van der Waals surface area contributed by atoms with Gasteiger partial charge in [0.25, 0.3) is 0 Å². The van der Waals surface area contributed by atoms with Gasteiger partial charge in [-0.05, 0) is 75.9 Å². The topological polar surface area (TPSA) is 48.8 Å². The molecule has 1 aliphatic rings. The van der Waals surface area contributed by atoms with Gasteiger partial charge >= 0.3 is 0 Å². The van der Waals surface area contributed by atoms with Gasteiger partial charge in [-0.15, -0.1) is 0 Å². The Kier molecular flexibility index (Phi) is 8.83. The molecule has 2 heterocycles. The molecule has 1 aromatic heterocycles. The van der Waals surface area contributed by atoms with Crippen LogP contribution in [0.5, 0.6) is 11.5 Å². The zero-order valence-corrected chi connectivity index (χ0v) is 21.4. The molecule has 0 bridgehead atoms. The molecule has 0 radical (unpaired) electrons. The quantitative estimate of drug-likeness (QED) is 0.345. The van der Waals surface area contributed by atoms with Crippen LogP contribution in [-0.4, -0.2) is 53.5 Å². The molecule has 0 saturated carbocycles. The largest absolute Gasteiger partial charge is 0.494 e. The van der Waals surface area contributed by atoms with Crippen molar-refractivity contribution in [1.82, 2.24) is 14.5 Å². The van der Waals surface area contributed by atoms with Crippen molar-refractivity contribution in [3.05, 3.63) is 77.9 Å². The van der Waals surface area contributed by atoms with Gasteiger partial charge in [-0.1, -0.05) is 29.8 Å². The normalized spacial score (nSPS) is 18.8. The number of methoxy groups -OCH3 is 1. The predicted octanol–water partition coefficient (Wildman–Crippen LogP) is 5.42. The van der Waals surface area contributed by atoms with E-state index in [9.17, 15) is 0 Å². The lowest BCUT2D eigenvalue weighted by molar-refractivity contribution is -0.0541. The van der Waals surface area contributed by atoms with E-state index in [1.807, 2.05) is 44.6 Å². The average Bonchev–Trinajstić information content (AvgIpc) is 3.17. The third-order valence-corrected chi connectivity index (χ3v) is 6.99. The summed E-state index contributed by atoms with van der Waals surface area (Å²) in [6, 6.07) is 16.8. The van der Waals surface area contributed by atoms with E-state index in [2.05, 4.69) is 51.7 Å². The monoisotopic (exact) mass is 477 g/mol. The molecule has 6 heteroatoms. The fourth-order valence-corrected chi connectivity index (χ4v) is 4.70. The van der Waals surface area contributed by atoms with Crippen LogP contribution in [0.2, 0.25) is 0 Å². The summed E-state index contributed by atoms with van der Waals surface area (Å²) < 4.78 is 20.4. The Morgan fingerprint density at radius 3 is 2.60 bits per heavy atom. The summed E-state index contributed by atoms with van der Waals surface area (Å²) in [6.45, 7) is 9.29. The number of aryl methyl sites for hydroxylation is 3. The van der Waals surface area contributed by atoms with Crippen LogP contribution in [-0.2, 0) is 17.8 Å². The highest BCUT2D eigenvalue weighted by Crippen LogP contribution is 2.28. The van der Waals surface area contributed by atoms with Gasteiger partial charge in [0.05, 0.1) is 6.61 Å². The van der Waals surface area contributed by atoms with Crippen LogP contribution >= 0.6 is 0 Å². The van der Waals surface area contributed by atoms with Crippen molar-refractivity contribution in [3.8, 4) is 11.5 Å². The maximum atomic E-state index is 6.13. The van der Waals surface area contributed by atoms with Crippen molar-refractivity contribution in [2.45, 2.75) is 58.2 Å². The van der Waals surface area contributed by atoms with Gasteiger partial charge in [-0.3, -0.25) is 4.90 Å². The van der Waals surface area contributed by atoms with E-state index in [1.165, 1.54) is 11.1 Å². The predicted molar refractivity (Wildman–Crippen MR) is 139 cm³/mol. The smallest absolute Gasteiger partial charge is 0.119 e. The molecule has 1 fully saturated rings. The SMILES string of the molecule is CO[C@]1(COc2ccc(C)cc2)CCCN(Cc2cccc(OCCCn3ccnc3C)c2)CC1. The Hall–Kier alpha value is -2.83. The third-order valence-electron chi connectivity index (χ3n) is 6.99. The Labute approximate surface area is 209 Å². The minimum Gasteiger partial charge on any atom is -0.494 e. The first-order chi connectivity index (χ1) is 17.0. The minimum absolute atomic E-state index is 0.238. The summed E-state index contributed by atoms with van der Waals surface area (Å²) in [6.07, 6.45) is 7.87. The second kappa shape index (κ2) is 12.2. The van der Waals surface area contributed by atoms with Gasteiger partial charge in [-0.2, -0.15) is 0 Å². The summed E-state index contributed by atoms with van der Waals surface area (Å²) in [4.78, 5) is 6.79. The maximum Gasteiger partial charge on any atom is 0.119 e. The van der Waals surface area contributed by atoms with Crippen LogP contribution in [0.25, 0.3) is 0 Å². The summed E-state index contributed by atoms with van der Waals surface area (Å²) in [5.74, 6) is 2.89. The minimum atomic E-state index is -0.238. The molecule has 6 nitrogen and oxygen atoms in total. The van der Waals surface area contributed by atoms with Crippen LogP contribution in [0.15, 0.2) is 60.9 Å². The number of hydrogen-bond donors (Lipinski definition) is 0. The molecule has 0 N–H and O–H groups in total. The van der Waals surface area contributed by atoms with Gasteiger partial charge in [0.2, 0.25) is 0 Å². The lowest BCUT2D eigenvalue weighted by atomic mass is 9.95. The number of aromatic nitrogens is 2. The van der Waals surface area contributed by atoms with Crippen LogP contribution in [0.4, 0.5) is 0 Å². The Morgan fingerprint density at radius 1 is 0.971 bits per heavy atom. The Bertz CT molecular complexity index is 1050. The molecule has 0 unspecified atom stereocenters. The Balaban J connectivity index is 1.25. The summed E-state index contributed by atoms with van der Waals surface area (Å²) in [5.41, 5.74) is 2.29. The Morgan fingerprint density at radius 2 is 1.83 bits per heavy atom. The van der Waals surface area contributed by atoms with Crippen molar-refractivity contribution in [3.63, 3.8) is 0 Å². The van der Waals surface area contributed by atoms with E-state index in [0.29, 0.717) is 13.2 Å². The van der Waals surface area contributed by atoms with E-state index in [1.54, 1.807) is 0 Å². The third kappa shape index (κ3) is 7.33. The van der Waals surface area contributed by atoms with Crippen molar-refractivity contribution in [1.29, 1.82) is 0 Å². The first-order valence-corrected chi connectivity index (χ1v) is 12.7. The molecule has 1 atom stereocenters. The lowest BCUT2D eigenvalue weighted by Crippen LogP contribution is -2.39. The molecule has 0 amide bonds. The number of benzene rings is 2. The molecular formula is C29H39N3O3. The highest BCUT2D eigenvalue weighted by Gasteiger charge is 2.33. The lowest BCUT2D eigenvalue weighted by Gasteiger charge is -2.31. The van der Waals surface area contributed by atoms with Gasteiger partial charge in [-0.25, -0.2) is 4.98 Å². The standard InChI is InChI=1S/C29H39N3O3/c1-24-9-11-27(12-10-24)35-23-29(33-3)13-5-16-31(18-14-29)22-26-7-4-8-28(21-26)34-20-6-17-32-19-15-30-25(32)2/h4,7-12,15,19,21H,5-6,13-14,16-18,20,22-23H2,1-3H3/t29-/m1/s1. The summed E-state index contributed by atoms with van der Waals surface area (Å²) >= 11 is 0. The molecule has 2 aromatic carbocycles. The number of nitrogens with zero attached hydrogens (tertiary/aromatic N) is 3. The van der Waals surface area contributed by atoms with Gasteiger partial charge in [0.1, 0.15) is 29.5 Å². The second-order valence-electron chi connectivity index (χ2n) is 9.64. The van der Waals surface area contributed by atoms with E-state index in [4.69, 9.17) is 14.2 Å². The van der Waals surface area contributed by atoms with Crippen molar-refractivity contribution in [2.75, 3.05) is 33.4 Å². The van der Waals surface area contributed by atoms with Gasteiger partial charge < -0.3 is 18.8 Å². The van der Waals surface area contributed by atoms with Crippen LogP contribution in [0.1, 0.15) is 42.6 Å². The zero-order valence-electron chi connectivity index (χ0n) is 21.4. The van der Waals surface area contributed by atoms with Crippen molar-refractivity contribution < 1.29 is 14.2 Å². The molecule has 1 aliphatic heterocycles. The molecule has 0 spiro atoms. The highest BCUT2D eigenvalue weighted by atomic mass is 16.5. The van der Waals surface area contributed by atoms with Crippen LogP contribution < -0.4 is 9.47 Å². The van der Waals surface area contributed by atoms with E-state index >= 15 is 0 Å². The van der Waals surface area contributed by atoms with Gasteiger partial charge in [0, 0.05) is 39.1 Å². The van der Waals surface area contributed by atoms with E-state index in [0.717, 1.165) is 69.2 Å². The second-order valence-corrected chi connectivity index (χ2v) is 9.64. The van der Waals surface area contributed by atoms with E-state index < -0.39 is 0 Å².